The van der Waals surface area contributed by atoms with Crippen LogP contribution in [0.25, 0.3) is 11.0 Å². The average molecular weight is 448 g/mol. The van der Waals surface area contributed by atoms with Crippen molar-refractivity contribution in [1.82, 2.24) is 14.9 Å². The van der Waals surface area contributed by atoms with E-state index >= 15 is 0 Å². The number of halogens is 1. The number of ether oxygens (including phenoxy) is 1. The van der Waals surface area contributed by atoms with E-state index in [1.807, 2.05) is 80.6 Å². The number of para-hydroxylation sites is 2. The van der Waals surface area contributed by atoms with Gasteiger partial charge in [0.1, 0.15) is 11.6 Å². The fraction of sp³-hybridized carbons (Fsp3) is 0.231. The van der Waals surface area contributed by atoms with E-state index in [1.54, 1.807) is 0 Å². The number of nitrogens with zero attached hydrogens (tertiary/aromatic N) is 2. The third-order valence-electron chi connectivity index (χ3n) is 5.34. The summed E-state index contributed by atoms with van der Waals surface area (Å²) in [6, 6.07) is 22.7. The van der Waals surface area contributed by atoms with Crippen LogP contribution >= 0.6 is 11.6 Å². The normalized spacial score (nSPS) is 12.0. The van der Waals surface area contributed by atoms with Gasteiger partial charge in [-0.05, 0) is 68.8 Å². The molecule has 32 heavy (non-hydrogen) atoms. The van der Waals surface area contributed by atoms with Crippen molar-refractivity contribution in [2.75, 3.05) is 6.61 Å². The van der Waals surface area contributed by atoms with Crippen molar-refractivity contribution in [3.05, 3.63) is 94.8 Å². The van der Waals surface area contributed by atoms with Gasteiger partial charge in [-0.15, -0.1) is 0 Å². The number of amides is 1. The Hall–Kier alpha value is -3.31. The number of benzene rings is 3. The van der Waals surface area contributed by atoms with Gasteiger partial charge in [-0.3, -0.25) is 4.79 Å². The molecule has 5 nitrogen and oxygen atoms in total. The van der Waals surface area contributed by atoms with Crippen molar-refractivity contribution in [1.29, 1.82) is 0 Å². The van der Waals surface area contributed by atoms with Gasteiger partial charge in [-0.2, -0.15) is 0 Å². The second kappa shape index (κ2) is 9.88. The fourth-order valence-corrected chi connectivity index (χ4v) is 3.78. The number of hydrogen-bond donors (Lipinski definition) is 1. The zero-order chi connectivity index (χ0) is 22.5. The highest BCUT2D eigenvalue weighted by molar-refractivity contribution is 6.30. The molecule has 0 saturated carbocycles. The van der Waals surface area contributed by atoms with Crippen LogP contribution in [0.1, 0.15) is 41.1 Å². The van der Waals surface area contributed by atoms with Crippen LogP contribution in [0, 0.1) is 6.92 Å². The summed E-state index contributed by atoms with van der Waals surface area (Å²) in [6.07, 6.45) is 0.800. The Morgan fingerprint density at radius 1 is 1.06 bits per heavy atom. The van der Waals surface area contributed by atoms with E-state index < -0.39 is 0 Å². The van der Waals surface area contributed by atoms with E-state index in [1.165, 1.54) is 0 Å². The zero-order valence-corrected chi connectivity index (χ0v) is 19.0. The predicted molar refractivity (Wildman–Crippen MR) is 128 cm³/mol. The maximum Gasteiger partial charge on any atom is 0.251 e. The molecule has 0 spiro atoms. The van der Waals surface area contributed by atoms with Crippen molar-refractivity contribution >= 4 is 28.5 Å². The van der Waals surface area contributed by atoms with Crippen molar-refractivity contribution in [2.45, 2.75) is 32.9 Å². The van der Waals surface area contributed by atoms with Gasteiger partial charge in [0.25, 0.3) is 5.91 Å². The maximum atomic E-state index is 12.7. The first-order chi connectivity index (χ1) is 15.5. The smallest absolute Gasteiger partial charge is 0.251 e. The van der Waals surface area contributed by atoms with Crippen LogP contribution in [0.4, 0.5) is 0 Å². The monoisotopic (exact) mass is 447 g/mol. The summed E-state index contributed by atoms with van der Waals surface area (Å²) in [4.78, 5) is 17.5. The first-order valence-electron chi connectivity index (χ1n) is 10.7. The fourth-order valence-electron chi connectivity index (χ4n) is 3.65. The van der Waals surface area contributed by atoms with E-state index in [4.69, 9.17) is 21.3 Å². The molecule has 1 atom stereocenters. The van der Waals surface area contributed by atoms with Crippen LogP contribution < -0.4 is 10.1 Å². The SMILES string of the molecule is Cc1ccc(C(=O)NC(C)c2nc3ccccc3n2CCCOc2ccc(Cl)cc2)cc1. The summed E-state index contributed by atoms with van der Waals surface area (Å²) < 4.78 is 8.01. The Bertz CT molecular complexity index is 1200. The van der Waals surface area contributed by atoms with E-state index in [0.29, 0.717) is 17.2 Å². The minimum Gasteiger partial charge on any atom is -0.494 e. The van der Waals surface area contributed by atoms with E-state index in [2.05, 4.69) is 16.0 Å². The largest absolute Gasteiger partial charge is 0.494 e. The molecule has 1 aromatic heterocycles. The lowest BCUT2D eigenvalue weighted by molar-refractivity contribution is 0.0937. The average Bonchev–Trinajstić information content (AvgIpc) is 3.17. The lowest BCUT2D eigenvalue weighted by atomic mass is 10.1. The second-order valence-corrected chi connectivity index (χ2v) is 8.26. The van der Waals surface area contributed by atoms with Gasteiger partial charge < -0.3 is 14.6 Å². The number of carbonyl (C=O) groups excluding carboxylic acids is 1. The molecular formula is C26H26ClN3O2. The highest BCUT2D eigenvalue weighted by Gasteiger charge is 2.19. The maximum absolute atomic E-state index is 12.7. The number of carbonyl (C=O) groups is 1. The Kier molecular flexibility index (Phi) is 6.76. The third kappa shape index (κ3) is 5.11. The molecule has 0 fully saturated rings. The minimum atomic E-state index is -0.242. The van der Waals surface area contributed by atoms with Crippen LogP contribution in [0.2, 0.25) is 5.02 Å². The second-order valence-electron chi connectivity index (χ2n) is 7.83. The van der Waals surface area contributed by atoms with Crippen LogP contribution in [0.5, 0.6) is 5.75 Å². The molecule has 0 aliphatic carbocycles. The summed E-state index contributed by atoms with van der Waals surface area (Å²) >= 11 is 5.93. The highest BCUT2D eigenvalue weighted by Crippen LogP contribution is 2.22. The molecule has 4 rings (SSSR count). The molecule has 3 aromatic carbocycles. The Morgan fingerprint density at radius 2 is 1.78 bits per heavy atom. The van der Waals surface area contributed by atoms with Crippen molar-refractivity contribution in [3.63, 3.8) is 0 Å². The molecule has 164 valence electrons. The summed E-state index contributed by atoms with van der Waals surface area (Å²) in [6.45, 7) is 5.27. The highest BCUT2D eigenvalue weighted by atomic mass is 35.5. The van der Waals surface area contributed by atoms with Crippen molar-refractivity contribution in [2.24, 2.45) is 0 Å². The number of imidazole rings is 1. The predicted octanol–water partition coefficient (Wildman–Crippen LogP) is 5.96. The molecule has 1 unspecified atom stereocenters. The van der Waals surface area contributed by atoms with Crippen LogP contribution in [0.15, 0.2) is 72.8 Å². The molecule has 1 N–H and O–H groups in total. The molecule has 0 aliphatic heterocycles. The molecule has 4 aromatic rings. The summed E-state index contributed by atoms with van der Waals surface area (Å²) in [7, 11) is 0. The molecular weight excluding hydrogens is 422 g/mol. The minimum absolute atomic E-state index is 0.109. The lowest BCUT2D eigenvalue weighted by Gasteiger charge is -2.17. The quantitative estimate of drug-likeness (QED) is 0.339. The number of nitrogens with one attached hydrogen (secondary N) is 1. The molecule has 6 heteroatoms. The van der Waals surface area contributed by atoms with Crippen LogP contribution in [-0.2, 0) is 6.54 Å². The van der Waals surface area contributed by atoms with E-state index in [9.17, 15) is 4.79 Å². The topological polar surface area (TPSA) is 56.2 Å². The van der Waals surface area contributed by atoms with Gasteiger partial charge in [0.15, 0.2) is 0 Å². The summed E-state index contributed by atoms with van der Waals surface area (Å²) in [5.41, 5.74) is 3.72. The standard InChI is InChI=1S/C26H26ClN3O2/c1-18-8-10-20(11-9-18)26(31)28-19(2)25-29-23-6-3-4-7-24(23)30(25)16-5-17-32-22-14-12-21(27)13-15-22/h3-4,6-15,19H,5,16-17H2,1-2H3,(H,28,31). The van der Waals surface area contributed by atoms with Crippen LogP contribution in [-0.4, -0.2) is 22.1 Å². The van der Waals surface area contributed by atoms with Crippen molar-refractivity contribution < 1.29 is 9.53 Å². The third-order valence-corrected chi connectivity index (χ3v) is 5.59. The first-order valence-corrected chi connectivity index (χ1v) is 11.1. The molecule has 0 bridgehead atoms. The molecule has 0 saturated heterocycles. The Morgan fingerprint density at radius 3 is 2.53 bits per heavy atom. The molecule has 0 aliphatic rings. The molecule has 0 radical (unpaired) electrons. The van der Waals surface area contributed by atoms with Crippen molar-refractivity contribution in [3.8, 4) is 5.75 Å². The van der Waals surface area contributed by atoms with E-state index in [0.717, 1.165) is 41.1 Å². The van der Waals surface area contributed by atoms with Gasteiger partial charge in [0.05, 0.1) is 23.7 Å². The van der Waals surface area contributed by atoms with Crippen LogP contribution in [0.3, 0.4) is 0 Å². The Labute approximate surface area is 193 Å². The first kappa shape index (κ1) is 21.9. The Balaban J connectivity index is 1.47. The number of aromatic nitrogens is 2. The molecule has 1 heterocycles. The van der Waals surface area contributed by atoms with Gasteiger partial charge in [-0.25, -0.2) is 4.98 Å². The van der Waals surface area contributed by atoms with E-state index in [-0.39, 0.29) is 11.9 Å². The number of aryl methyl sites for hydroxylation is 2. The number of rotatable bonds is 8. The zero-order valence-electron chi connectivity index (χ0n) is 18.2. The number of hydrogen-bond acceptors (Lipinski definition) is 3. The van der Waals surface area contributed by atoms with Gasteiger partial charge >= 0.3 is 0 Å². The van der Waals surface area contributed by atoms with Gasteiger partial charge in [-0.1, -0.05) is 41.4 Å². The lowest BCUT2D eigenvalue weighted by Crippen LogP contribution is -2.28. The molecule has 1 amide bonds. The summed E-state index contributed by atoms with van der Waals surface area (Å²) in [5.74, 6) is 1.52. The van der Waals surface area contributed by atoms with Gasteiger partial charge in [0, 0.05) is 17.1 Å². The van der Waals surface area contributed by atoms with Gasteiger partial charge in [0.2, 0.25) is 0 Å². The number of fused-ring (bicyclic) bond motifs is 1. The summed E-state index contributed by atoms with van der Waals surface area (Å²) in [5, 5.41) is 3.78.